The zero-order chi connectivity index (χ0) is 22.6. The Bertz CT molecular complexity index is 1170. The molecule has 2 heterocycles. The predicted octanol–water partition coefficient (Wildman–Crippen LogP) is -0.301. The van der Waals surface area contributed by atoms with Gasteiger partial charge in [-0.05, 0) is 31.5 Å². The SMILES string of the molecule is Cc1cccc(CS(=O)(=O)Nc2ccc(C)n(CC(=O)NC3CN=C(N)NO3)c2=O)c1. The van der Waals surface area contributed by atoms with Crippen LogP contribution in [0.25, 0.3) is 0 Å². The summed E-state index contributed by atoms with van der Waals surface area (Å²) in [5, 5.41) is 2.56. The molecule has 1 unspecified atom stereocenters. The first kappa shape index (κ1) is 22.3. The van der Waals surface area contributed by atoms with E-state index < -0.39 is 27.7 Å². The van der Waals surface area contributed by atoms with Gasteiger partial charge >= 0.3 is 0 Å². The summed E-state index contributed by atoms with van der Waals surface area (Å²) in [5.74, 6) is -0.686. The standard InChI is InChI=1S/C19H24N6O5S/c1-12-4-3-5-14(8-12)11-31(28,29)24-15-7-6-13(2)25(18(15)27)10-16(26)22-17-9-21-19(20)23-30-17/h3-8,17,24H,9-11H2,1-2H3,(H,22,26)(H3,20,21,23). The number of carbonyl (C=O) groups is 1. The molecule has 0 bridgehead atoms. The third-order valence-corrected chi connectivity index (χ3v) is 5.70. The normalized spacial score (nSPS) is 16.2. The number of aryl methyl sites for hydroxylation is 2. The van der Waals surface area contributed by atoms with E-state index in [4.69, 9.17) is 10.6 Å². The van der Waals surface area contributed by atoms with Gasteiger partial charge in [0, 0.05) is 5.69 Å². The Balaban J connectivity index is 1.72. The molecule has 0 fully saturated rings. The Kier molecular flexibility index (Phi) is 6.61. The first-order valence-corrected chi connectivity index (χ1v) is 11.1. The van der Waals surface area contributed by atoms with Gasteiger partial charge in [0.05, 0.1) is 12.3 Å². The molecule has 5 N–H and O–H groups in total. The number of sulfonamides is 1. The van der Waals surface area contributed by atoms with Crippen molar-refractivity contribution in [2.24, 2.45) is 10.7 Å². The Labute approximate surface area is 179 Å². The van der Waals surface area contributed by atoms with Gasteiger partial charge in [-0.2, -0.15) is 0 Å². The number of hydrogen-bond acceptors (Lipinski definition) is 8. The van der Waals surface area contributed by atoms with Gasteiger partial charge < -0.3 is 15.6 Å². The maximum atomic E-state index is 12.8. The van der Waals surface area contributed by atoms with Crippen LogP contribution in [-0.2, 0) is 32.0 Å². The Hall–Kier alpha value is -3.38. The van der Waals surface area contributed by atoms with Crippen LogP contribution in [0.2, 0.25) is 0 Å². The molecule has 1 atom stereocenters. The maximum Gasteiger partial charge on any atom is 0.275 e. The molecule has 12 heteroatoms. The second-order valence-electron chi connectivity index (χ2n) is 7.13. The number of guanidine groups is 1. The molecule has 1 aliphatic heterocycles. The summed E-state index contributed by atoms with van der Waals surface area (Å²) in [4.78, 5) is 34.2. The summed E-state index contributed by atoms with van der Waals surface area (Å²) in [5.41, 5.74) is 9.02. The highest BCUT2D eigenvalue weighted by atomic mass is 32.2. The van der Waals surface area contributed by atoms with E-state index >= 15 is 0 Å². The summed E-state index contributed by atoms with van der Waals surface area (Å²) in [6.07, 6.45) is -0.744. The summed E-state index contributed by atoms with van der Waals surface area (Å²) >= 11 is 0. The molecule has 11 nitrogen and oxygen atoms in total. The van der Waals surface area contributed by atoms with Gasteiger partial charge in [0.25, 0.3) is 5.56 Å². The molecule has 1 amide bonds. The van der Waals surface area contributed by atoms with Gasteiger partial charge in [-0.15, -0.1) is 0 Å². The average Bonchev–Trinajstić information content (AvgIpc) is 2.69. The number of pyridine rings is 1. The highest BCUT2D eigenvalue weighted by molar-refractivity contribution is 7.91. The van der Waals surface area contributed by atoms with Gasteiger partial charge in [0.1, 0.15) is 12.2 Å². The molecule has 1 aliphatic rings. The molecule has 31 heavy (non-hydrogen) atoms. The van der Waals surface area contributed by atoms with Gasteiger partial charge in [-0.1, -0.05) is 29.8 Å². The van der Waals surface area contributed by atoms with Crippen molar-refractivity contribution < 1.29 is 18.0 Å². The lowest BCUT2D eigenvalue weighted by Crippen LogP contribution is -2.50. The van der Waals surface area contributed by atoms with E-state index in [0.717, 1.165) is 5.56 Å². The third-order valence-electron chi connectivity index (χ3n) is 4.45. The number of hydrogen-bond donors (Lipinski definition) is 4. The summed E-state index contributed by atoms with van der Waals surface area (Å²) in [6, 6.07) is 10.0. The molecule has 3 rings (SSSR count). The molecule has 166 valence electrons. The molecule has 1 aromatic carbocycles. The monoisotopic (exact) mass is 448 g/mol. The number of rotatable bonds is 7. The molecule has 0 spiro atoms. The minimum atomic E-state index is -3.83. The van der Waals surface area contributed by atoms with E-state index in [9.17, 15) is 18.0 Å². The van der Waals surface area contributed by atoms with E-state index in [2.05, 4.69) is 20.5 Å². The second kappa shape index (κ2) is 9.18. The van der Waals surface area contributed by atoms with Gasteiger partial charge in [0.2, 0.25) is 21.9 Å². The summed E-state index contributed by atoms with van der Waals surface area (Å²) < 4.78 is 28.6. The molecule has 2 aromatic rings. The molecule has 0 saturated carbocycles. The summed E-state index contributed by atoms with van der Waals surface area (Å²) in [7, 11) is -3.83. The highest BCUT2D eigenvalue weighted by Crippen LogP contribution is 2.12. The number of benzene rings is 1. The zero-order valence-corrected chi connectivity index (χ0v) is 17.9. The van der Waals surface area contributed by atoms with Crippen LogP contribution >= 0.6 is 0 Å². The minimum Gasteiger partial charge on any atom is -0.368 e. The van der Waals surface area contributed by atoms with E-state index in [0.29, 0.717) is 11.3 Å². The van der Waals surface area contributed by atoms with E-state index in [1.165, 1.54) is 10.6 Å². The van der Waals surface area contributed by atoms with Crippen molar-refractivity contribution in [2.75, 3.05) is 11.3 Å². The van der Waals surface area contributed by atoms with Crippen LogP contribution in [0, 0.1) is 13.8 Å². The lowest BCUT2D eigenvalue weighted by atomic mass is 10.2. The minimum absolute atomic E-state index is 0.100. The van der Waals surface area contributed by atoms with Crippen LogP contribution < -0.4 is 26.8 Å². The first-order valence-electron chi connectivity index (χ1n) is 9.40. The third kappa shape index (κ3) is 6.06. The van der Waals surface area contributed by atoms with Crippen molar-refractivity contribution in [1.82, 2.24) is 15.4 Å². The maximum absolute atomic E-state index is 12.8. The average molecular weight is 449 g/mol. The van der Waals surface area contributed by atoms with Gasteiger partial charge in [-0.25, -0.2) is 23.7 Å². The van der Waals surface area contributed by atoms with E-state index in [1.807, 2.05) is 13.0 Å². The van der Waals surface area contributed by atoms with Crippen molar-refractivity contribution in [3.8, 4) is 0 Å². The van der Waals surface area contributed by atoms with Gasteiger partial charge in [0.15, 0.2) is 6.23 Å². The topological polar surface area (TPSA) is 157 Å². The predicted molar refractivity (Wildman–Crippen MR) is 116 cm³/mol. The lowest BCUT2D eigenvalue weighted by Gasteiger charge is -2.22. The molecule has 0 radical (unpaired) electrons. The fourth-order valence-corrected chi connectivity index (χ4v) is 4.18. The number of nitrogens with two attached hydrogens (primary N) is 1. The number of aliphatic imine (C=N–C) groups is 1. The van der Waals surface area contributed by atoms with Crippen LogP contribution in [0.1, 0.15) is 16.8 Å². The number of anilines is 1. The van der Waals surface area contributed by atoms with E-state index in [-0.39, 0.29) is 30.5 Å². The van der Waals surface area contributed by atoms with Gasteiger partial charge in [-0.3, -0.25) is 14.3 Å². The molecular weight excluding hydrogens is 424 g/mol. The molecule has 0 saturated heterocycles. The van der Waals surface area contributed by atoms with Crippen molar-refractivity contribution in [3.63, 3.8) is 0 Å². The van der Waals surface area contributed by atoms with Crippen molar-refractivity contribution in [2.45, 2.75) is 32.4 Å². The van der Waals surface area contributed by atoms with E-state index in [1.54, 1.807) is 31.2 Å². The van der Waals surface area contributed by atoms with Crippen molar-refractivity contribution in [1.29, 1.82) is 0 Å². The number of nitrogens with zero attached hydrogens (tertiary/aromatic N) is 2. The second-order valence-corrected chi connectivity index (χ2v) is 8.85. The van der Waals surface area contributed by atoms with Crippen LogP contribution in [0.15, 0.2) is 46.2 Å². The number of amides is 1. The smallest absolute Gasteiger partial charge is 0.275 e. The summed E-state index contributed by atoms with van der Waals surface area (Å²) in [6.45, 7) is 3.31. The van der Waals surface area contributed by atoms with Crippen LogP contribution in [0.5, 0.6) is 0 Å². The Morgan fingerprint density at radius 3 is 2.77 bits per heavy atom. The Morgan fingerprint density at radius 1 is 1.32 bits per heavy atom. The highest BCUT2D eigenvalue weighted by Gasteiger charge is 2.20. The number of nitrogens with one attached hydrogen (secondary N) is 3. The number of aromatic nitrogens is 1. The first-order chi connectivity index (χ1) is 14.6. The van der Waals surface area contributed by atoms with Crippen LogP contribution in [-0.4, -0.2) is 37.6 Å². The number of hydroxylamine groups is 1. The lowest BCUT2D eigenvalue weighted by molar-refractivity contribution is -0.127. The molecular formula is C19H24N6O5S. The Morgan fingerprint density at radius 2 is 2.10 bits per heavy atom. The van der Waals surface area contributed by atoms with Crippen molar-refractivity contribution >= 4 is 27.6 Å². The van der Waals surface area contributed by atoms with Crippen LogP contribution in [0.4, 0.5) is 5.69 Å². The fraction of sp³-hybridized carbons (Fsp3) is 0.316. The zero-order valence-electron chi connectivity index (χ0n) is 17.1. The van der Waals surface area contributed by atoms with Crippen LogP contribution in [0.3, 0.4) is 0 Å². The number of carbonyl (C=O) groups excluding carboxylic acids is 1. The molecule has 1 aromatic heterocycles. The quantitative estimate of drug-likeness (QED) is 0.453. The fourth-order valence-electron chi connectivity index (χ4n) is 3.00. The van der Waals surface area contributed by atoms with Crippen molar-refractivity contribution in [3.05, 3.63) is 63.6 Å². The largest absolute Gasteiger partial charge is 0.368 e. The molecule has 0 aliphatic carbocycles.